The maximum atomic E-state index is 9.65. The van der Waals surface area contributed by atoms with E-state index in [1.807, 2.05) is 6.07 Å². The van der Waals surface area contributed by atoms with Gasteiger partial charge in [-0.2, -0.15) is 0 Å². The van der Waals surface area contributed by atoms with Gasteiger partial charge >= 0.3 is 0 Å². The van der Waals surface area contributed by atoms with Crippen LogP contribution in [0.3, 0.4) is 0 Å². The van der Waals surface area contributed by atoms with Gasteiger partial charge in [0.15, 0.2) is 0 Å². The Hall–Kier alpha value is -2.33. The Labute approximate surface area is 149 Å². The Morgan fingerprint density at radius 2 is 1.68 bits per heavy atom. The lowest BCUT2D eigenvalue weighted by Gasteiger charge is -2.13. The van der Waals surface area contributed by atoms with Crippen LogP contribution in [0.25, 0.3) is 11.0 Å². The van der Waals surface area contributed by atoms with Crippen molar-refractivity contribution in [2.45, 2.75) is 47.3 Å². The van der Waals surface area contributed by atoms with Crippen molar-refractivity contribution in [1.82, 2.24) is 9.55 Å². The van der Waals surface area contributed by atoms with Crippen LogP contribution < -0.4 is 4.74 Å². The van der Waals surface area contributed by atoms with Crippen LogP contribution in [-0.4, -0.2) is 21.3 Å². The van der Waals surface area contributed by atoms with Crippen molar-refractivity contribution >= 4 is 11.0 Å². The minimum absolute atomic E-state index is 0.0511. The molecular weight excluding hydrogens is 312 g/mol. The van der Waals surface area contributed by atoms with Crippen LogP contribution in [0.4, 0.5) is 0 Å². The molecule has 0 saturated heterocycles. The summed E-state index contributed by atoms with van der Waals surface area (Å²) in [4.78, 5) is 4.57. The molecule has 0 bridgehead atoms. The van der Waals surface area contributed by atoms with Gasteiger partial charge < -0.3 is 14.4 Å². The molecular formula is C21H26N2O2. The van der Waals surface area contributed by atoms with E-state index in [2.05, 4.69) is 61.5 Å². The van der Waals surface area contributed by atoms with E-state index >= 15 is 0 Å². The molecule has 1 aromatic heterocycles. The molecule has 0 aliphatic rings. The maximum Gasteiger partial charge on any atom is 0.135 e. The molecule has 4 heteroatoms. The fraction of sp³-hybridized carbons (Fsp3) is 0.381. The topological polar surface area (TPSA) is 47.3 Å². The lowest BCUT2D eigenvalue weighted by molar-refractivity contribution is 0.260. The molecule has 4 nitrogen and oxygen atoms in total. The van der Waals surface area contributed by atoms with Crippen LogP contribution >= 0.6 is 0 Å². The number of hydrogen-bond acceptors (Lipinski definition) is 3. The summed E-state index contributed by atoms with van der Waals surface area (Å²) in [6.07, 6.45) is 0.860. The first-order valence-electron chi connectivity index (χ1n) is 8.77. The third kappa shape index (κ3) is 3.54. The Balaban J connectivity index is 1.74. The minimum Gasteiger partial charge on any atom is -0.493 e. The van der Waals surface area contributed by atoms with E-state index in [9.17, 15) is 5.11 Å². The molecule has 2 aromatic carbocycles. The summed E-state index contributed by atoms with van der Waals surface area (Å²) in [7, 11) is 0. The monoisotopic (exact) mass is 338 g/mol. The van der Waals surface area contributed by atoms with Gasteiger partial charge in [-0.1, -0.05) is 18.2 Å². The molecule has 1 heterocycles. The Bertz CT molecular complexity index is 876. The number of aliphatic hydroxyl groups is 1. The van der Waals surface area contributed by atoms with Gasteiger partial charge in [0.2, 0.25) is 0 Å². The van der Waals surface area contributed by atoms with Gasteiger partial charge in [0.25, 0.3) is 0 Å². The van der Waals surface area contributed by atoms with Crippen molar-refractivity contribution in [3.05, 3.63) is 58.4 Å². The van der Waals surface area contributed by atoms with Crippen molar-refractivity contribution in [2.75, 3.05) is 6.61 Å². The average molecular weight is 338 g/mol. The van der Waals surface area contributed by atoms with Gasteiger partial charge in [-0.15, -0.1) is 0 Å². The van der Waals surface area contributed by atoms with Gasteiger partial charge in [0.1, 0.15) is 18.2 Å². The zero-order valence-electron chi connectivity index (χ0n) is 15.5. The predicted octanol–water partition coefficient (Wildman–Crippen LogP) is 4.23. The number of aryl methyl sites for hydroxylation is 5. The standard InChI is InChI=1S/C21H26N2O2/c1-14-7-5-8-15(2)21(14)25-10-6-9-23-19-12-17(4)16(3)11-18(19)22-20(23)13-24/h5,7-8,11-12,24H,6,9-10,13H2,1-4H3. The van der Waals surface area contributed by atoms with Crippen molar-refractivity contribution in [1.29, 1.82) is 0 Å². The van der Waals surface area contributed by atoms with Crippen LogP contribution in [-0.2, 0) is 13.2 Å². The molecule has 0 unspecified atom stereocenters. The largest absolute Gasteiger partial charge is 0.493 e. The molecule has 0 amide bonds. The third-order valence-corrected chi connectivity index (χ3v) is 4.77. The lowest BCUT2D eigenvalue weighted by atomic mass is 10.1. The summed E-state index contributed by atoms with van der Waals surface area (Å²) in [5, 5.41) is 9.65. The number of fused-ring (bicyclic) bond motifs is 1. The van der Waals surface area contributed by atoms with Crippen LogP contribution in [0.15, 0.2) is 30.3 Å². The Morgan fingerprint density at radius 3 is 2.36 bits per heavy atom. The van der Waals surface area contributed by atoms with Gasteiger partial charge in [-0.3, -0.25) is 0 Å². The smallest absolute Gasteiger partial charge is 0.135 e. The molecule has 132 valence electrons. The molecule has 25 heavy (non-hydrogen) atoms. The second-order valence-electron chi connectivity index (χ2n) is 6.69. The first-order chi connectivity index (χ1) is 12.0. The molecule has 3 rings (SSSR count). The van der Waals surface area contributed by atoms with E-state index in [-0.39, 0.29) is 6.61 Å². The molecule has 0 spiro atoms. The summed E-state index contributed by atoms with van der Waals surface area (Å²) < 4.78 is 8.11. The minimum atomic E-state index is -0.0511. The second kappa shape index (κ2) is 7.28. The first kappa shape index (κ1) is 17.5. The number of aliphatic hydroxyl groups excluding tert-OH is 1. The summed E-state index contributed by atoms with van der Waals surface area (Å²) in [6.45, 7) is 9.70. The summed E-state index contributed by atoms with van der Waals surface area (Å²) in [6, 6.07) is 10.4. The normalized spacial score (nSPS) is 11.2. The van der Waals surface area contributed by atoms with Crippen LogP contribution in [0.2, 0.25) is 0 Å². The second-order valence-corrected chi connectivity index (χ2v) is 6.69. The molecule has 3 aromatic rings. The SMILES string of the molecule is Cc1cc2nc(CO)n(CCCOc3c(C)cccc3C)c2cc1C. The number of benzene rings is 2. The van der Waals surface area contributed by atoms with E-state index in [1.54, 1.807) is 0 Å². The van der Waals surface area contributed by atoms with Crippen LogP contribution in [0.5, 0.6) is 5.75 Å². The molecule has 0 saturated carbocycles. The van der Waals surface area contributed by atoms with Gasteiger partial charge in [0.05, 0.1) is 17.6 Å². The number of aromatic nitrogens is 2. The van der Waals surface area contributed by atoms with E-state index < -0.39 is 0 Å². The number of nitrogens with zero attached hydrogens (tertiary/aromatic N) is 2. The fourth-order valence-electron chi connectivity index (χ4n) is 3.22. The van der Waals surface area contributed by atoms with E-state index in [0.29, 0.717) is 12.4 Å². The highest BCUT2D eigenvalue weighted by Crippen LogP contribution is 2.23. The molecule has 0 aliphatic heterocycles. The van der Waals surface area contributed by atoms with Crippen molar-refractivity contribution in [3.8, 4) is 5.75 Å². The Morgan fingerprint density at radius 1 is 1.00 bits per heavy atom. The van der Waals surface area contributed by atoms with Gasteiger partial charge in [-0.05, 0) is 68.5 Å². The number of ether oxygens (including phenoxy) is 1. The molecule has 0 atom stereocenters. The van der Waals surface area contributed by atoms with Crippen molar-refractivity contribution in [2.24, 2.45) is 0 Å². The summed E-state index contributed by atoms with van der Waals surface area (Å²) in [5.74, 6) is 1.69. The zero-order chi connectivity index (χ0) is 18.0. The van der Waals surface area contributed by atoms with E-state index in [1.165, 1.54) is 11.1 Å². The molecule has 0 radical (unpaired) electrons. The van der Waals surface area contributed by atoms with Crippen LogP contribution in [0, 0.1) is 27.7 Å². The number of rotatable bonds is 6. The Kier molecular flexibility index (Phi) is 5.09. The maximum absolute atomic E-state index is 9.65. The predicted molar refractivity (Wildman–Crippen MR) is 101 cm³/mol. The average Bonchev–Trinajstić information content (AvgIpc) is 2.91. The summed E-state index contributed by atoms with van der Waals surface area (Å²) >= 11 is 0. The highest BCUT2D eigenvalue weighted by Gasteiger charge is 2.11. The quantitative estimate of drug-likeness (QED) is 0.684. The van der Waals surface area contributed by atoms with Crippen molar-refractivity contribution in [3.63, 3.8) is 0 Å². The van der Waals surface area contributed by atoms with Gasteiger partial charge in [-0.25, -0.2) is 4.98 Å². The van der Waals surface area contributed by atoms with Gasteiger partial charge in [0, 0.05) is 6.54 Å². The van der Waals surface area contributed by atoms with E-state index in [4.69, 9.17) is 4.74 Å². The van der Waals surface area contributed by atoms with E-state index in [0.717, 1.165) is 40.9 Å². The highest BCUT2D eigenvalue weighted by atomic mass is 16.5. The van der Waals surface area contributed by atoms with Crippen molar-refractivity contribution < 1.29 is 9.84 Å². The highest BCUT2D eigenvalue weighted by molar-refractivity contribution is 5.78. The first-order valence-corrected chi connectivity index (χ1v) is 8.77. The molecule has 1 N–H and O–H groups in total. The molecule has 0 fully saturated rings. The summed E-state index contributed by atoms with van der Waals surface area (Å²) in [5.41, 5.74) is 6.82. The fourth-order valence-corrected chi connectivity index (χ4v) is 3.22. The van der Waals surface area contributed by atoms with Crippen LogP contribution in [0.1, 0.15) is 34.5 Å². The molecule has 0 aliphatic carbocycles. The third-order valence-electron chi connectivity index (χ3n) is 4.77. The lowest BCUT2D eigenvalue weighted by Crippen LogP contribution is -2.08. The zero-order valence-corrected chi connectivity index (χ0v) is 15.5. The number of para-hydroxylation sites is 1. The number of imidazole rings is 1. The number of hydrogen-bond donors (Lipinski definition) is 1.